The molecule has 0 amide bonds. The first-order valence-corrected chi connectivity index (χ1v) is 9.53. The maximum absolute atomic E-state index is 4.89. The second-order valence-corrected chi connectivity index (χ2v) is 7.10. The minimum absolute atomic E-state index is 0.887. The number of hydrogen-bond acceptors (Lipinski definition) is 3. The molecule has 0 aliphatic heterocycles. The molecule has 128 valence electrons. The van der Waals surface area contributed by atoms with Crippen molar-refractivity contribution in [2.75, 3.05) is 0 Å². The van der Waals surface area contributed by atoms with E-state index in [1.54, 1.807) is 0 Å². The van der Waals surface area contributed by atoms with Crippen LogP contribution in [0.25, 0.3) is 22.0 Å². The molecule has 0 atom stereocenters. The van der Waals surface area contributed by atoms with Gasteiger partial charge in [0.15, 0.2) is 0 Å². The van der Waals surface area contributed by atoms with E-state index >= 15 is 0 Å². The monoisotopic (exact) mass is 331 g/mol. The molecule has 1 aromatic carbocycles. The Bertz CT molecular complexity index is 852. The lowest BCUT2D eigenvalue weighted by atomic mass is 10.0. The lowest BCUT2D eigenvalue weighted by Gasteiger charge is -2.11. The number of benzene rings is 1. The zero-order valence-corrected chi connectivity index (χ0v) is 14.9. The predicted octanol–water partition coefficient (Wildman–Crippen LogP) is 5.38. The summed E-state index contributed by atoms with van der Waals surface area (Å²) in [4.78, 5) is 13.9. The van der Waals surface area contributed by atoms with Gasteiger partial charge >= 0.3 is 0 Å². The zero-order chi connectivity index (χ0) is 17.1. The Morgan fingerprint density at radius 3 is 2.52 bits per heavy atom. The first kappa shape index (κ1) is 16.2. The summed E-state index contributed by atoms with van der Waals surface area (Å²) in [6.07, 6.45) is 12.5. The van der Waals surface area contributed by atoms with Gasteiger partial charge in [0, 0.05) is 24.2 Å². The first-order chi connectivity index (χ1) is 12.3. The second kappa shape index (κ2) is 7.30. The molecule has 1 aliphatic carbocycles. The highest BCUT2D eigenvalue weighted by atomic mass is 14.9. The van der Waals surface area contributed by atoms with E-state index < -0.39 is 0 Å². The number of nitrogens with zero attached hydrogens (tertiary/aromatic N) is 3. The third kappa shape index (κ3) is 3.55. The van der Waals surface area contributed by atoms with Crippen molar-refractivity contribution in [2.45, 2.75) is 51.9 Å². The molecule has 0 spiro atoms. The van der Waals surface area contributed by atoms with Gasteiger partial charge in [0.05, 0.1) is 11.2 Å². The van der Waals surface area contributed by atoms with E-state index in [4.69, 9.17) is 9.97 Å². The molecule has 1 aliphatic rings. The standard InChI is InChI=1S/C22H25N3/c1-2-20-19-15-18(17-11-13-23-14-12-17)8-9-21(19)25-22(24-20)10-7-16-5-3-4-6-16/h8-9,11-16H,2-7,10H2,1H3. The topological polar surface area (TPSA) is 38.7 Å². The molecule has 0 N–H and O–H groups in total. The van der Waals surface area contributed by atoms with E-state index in [9.17, 15) is 0 Å². The fourth-order valence-corrected chi connectivity index (χ4v) is 3.98. The highest BCUT2D eigenvalue weighted by molar-refractivity contribution is 5.86. The molecule has 0 radical (unpaired) electrons. The molecule has 2 aromatic heterocycles. The Morgan fingerprint density at radius 1 is 0.960 bits per heavy atom. The van der Waals surface area contributed by atoms with Gasteiger partial charge in [-0.05, 0) is 54.2 Å². The molecule has 1 fully saturated rings. The summed E-state index contributed by atoms with van der Waals surface area (Å²) < 4.78 is 0. The van der Waals surface area contributed by atoms with E-state index in [0.29, 0.717) is 0 Å². The van der Waals surface area contributed by atoms with Crippen molar-refractivity contribution >= 4 is 10.9 Å². The molecule has 0 bridgehead atoms. The minimum Gasteiger partial charge on any atom is -0.265 e. The summed E-state index contributed by atoms with van der Waals surface area (Å²) in [5, 5.41) is 1.18. The highest BCUT2D eigenvalue weighted by Crippen LogP contribution is 2.29. The third-order valence-corrected chi connectivity index (χ3v) is 5.42. The van der Waals surface area contributed by atoms with Crippen LogP contribution < -0.4 is 0 Å². The number of aromatic nitrogens is 3. The molecule has 0 saturated heterocycles. The van der Waals surface area contributed by atoms with E-state index in [1.807, 2.05) is 24.5 Å². The van der Waals surface area contributed by atoms with Crippen molar-refractivity contribution in [1.82, 2.24) is 15.0 Å². The van der Waals surface area contributed by atoms with Gasteiger partial charge < -0.3 is 0 Å². The summed E-state index contributed by atoms with van der Waals surface area (Å²) >= 11 is 0. The van der Waals surface area contributed by atoms with Gasteiger partial charge in [0.25, 0.3) is 0 Å². The molecular weight excluding hydrogens is 306 g/mol. The summed E-state index contributed by atoms with van der Waals surface area (Å²) in [5.74, 6) is 1.91. The van der Waals surface area contributed by atoms with Crippen molar-refractivity contribution in [2.24, 2.45) is 5.92 Å². The van der Waals surface area contributed by atoms with Gasteiger partial charge in [0.1, 0.15) is 5.82 Å². The van der Waals surface area contributed by atoms with Gasteiger partial charge in [-0.2, -0.15) is 0 Å². The maximum atomic E-state index is 4.89. The fourth-order valence-electron chi connectivity index (χ4n) is 3.98. The Kier molecular flexibility index (Phi) is 4.73. The smallest absolute Gasteiger partial charge is 0.129 e. The summed E-state index contributed by atoms with van der Waals surface area (Å²) in [6, 6.07) is 10.6. The Labute approximate surface area is 149 Å². The molecule has 3 aromatic rings. The lowest BCUT2D eigenvalue weighted by molar-refractivity contribution is 0.497. The Hall–Kier alpha value is -2.29. The highest BCUT2D eigenvalue weighted by Gasteiger charge is 2.16. The summed E-state index contributed by atoms with van der Waals surface area (Å²) in [7, 11) is 0. The summed E-state index contributed by atoms with van der Waals surface area (Å²) in [5.41, 5.74) is 4.63. The second-order valence-electron chi connectivity index (χ2n) is 7.10. The molecule has 25 heavy (non-hydrogen) atoms. The quantitative estimate of drug-likeness (QED) is 0.630. The van der Waals surface area contributed by atoms with Crippen LogP contribution in [0.4, 0.5) is 0 Å². The van der Waals surface area contributed by atoms with Crippen molar-refractivity contribution in [3.63, 3.8) is 0 Å². The number of fused-ring (bicyclic) bond motifs is 1. The van der Waals surface area contributed by atoms with Gasteiger partial charge in [-0.3, -0.25) is 4.98 Å². The van der Waals surface area contributed by atoms with Crippen molar-refractivity contribution < 1.29 is 0 Å². The van der Waals surface area contributed by atoms with Crippen LogP contribution in [0.2, 0.25) is 0 Å². The van der Waals surface area contributed by atoms with Crippen LogP contribution in [0.15, 0.2) is 42.7 Å². The van der Waals surface area contributed by atoms with Crippen molar-refractivity contribution in [3.8, 4) is 11.1 Å². The molecule has 1 saturated carbocycles. The lowest BCUT2D eigenvalue weighted by Crippen LogP contribution is -2.04. The zero-order valence-electron chi connectivity index (χ0n) is 14.9. The average Bonchev–Trinajstić information content (AvgIpc) is 3.19. The largest absolute Gasteiger partial charge is 0.265 e. The van der Waals surface area contributed by atoms with Gasteiger partial charge in [-0.1, -0.05) is 38.7 Å². The normalized spacial score (nSPS) is 15.1. The minimum atomic E-state index is 0.887. The van der Waals surface area contributed by atoms with Crippen LogP contribution in [0.3, 0.4) is 0 Å². The Morgan fingerprint density at radius 2 is 1.76 bits per heavy atom. The van der Waals surface area contributed by atoms with E-state index in [0.717, 1.165) is 30.1 Å². The third-order valence-electron chi connectivity index (χ3n) is 5.42. The fraction of sp³-hybridized carbons (Fsp3) is 0.409. The Balaban J connectivity index is 1.65. The molecule has 3 heteroatoms. The average molecular weight is 331 g/mol. The van der Waals surface area contributed by atoms with Crippen LogP contribution in [0.5, 0.6) is 0 Å². The van der Waals surface area contributed by atoms with Gasteiger partial charge in [0.2, 0.25) is 0 Å². The van der Waals surface area contributed by atoms with Crippen molar-refractivity contribution in [1.29, 1.82) is 0 Å². The predicted molar refractivity (Wildman–Crippen MR) is 102 cm³/mol. The van der Waals surface area contributed by atoms with Gasteiger partial charge in [-0.15, -0.1) is 0 Å². The van der Waals surface area contributed by atoms with E-state index in [-0.39, 0.29) is 0 Å². The van der Waals surface area contributed by atoms with Crippen LogP contribution in [-0.4, -0.2) is 15.0 Å². The molecule has 3 nitrogen and oxygen atoms in total. The van der Waals surface area contributed by atoms with Crippen LogP contribution in [-0.2, 0) is 12.8 Å². The molecule has 4 rings (SSSR count). The molecule has 2 heterocycles. The first-order valence-electron chi connectivity index (χ1n) is 9.53. The van der Waals surface area contributed by atoms with Crippen LogP contribution in [0, 0.1) is 5.92 Å². The number of hydrogen-bond donors (Lipinski definition) is 0. The maximum Gasteiger partial charge on any atom is 0.129 e. The van der Waals surface area contributed by atoms with Crippen LogP contribution in [0.1, 0.15) is 50.5 Å². The van der Waals surface area contributed by atoms with Gasteiger partial charge in [-0.25, -0.2) is 9.97 Å². The van der Waals surface area contributed by atoms with Crippen LogP contribution >= 0.6 is 0 Å². The number of aryl methyl sites for hydroxylation is 2. The van der Waals surface area contributed by atoms with Crippen molar-refractivity contribution in [3.05, 3.63) is 54.2 Å². The van der Waals surface area contributed by atoms with E-state index in [1.165, 1.54) is 54.3 Å². The number of pyridine rings is 1. The SMILES string of the molecule is CCc1nc(CCC2CCCC2)nc2ccc(-c3ccncc3)cc12. The number of rotatable bonds is 5. The van der Waals surface area contributed by atoms with E-state index in [2.05, 4.69) is 30.1 Å². The summed E-state index contributed by atoms with van der Waals surface area (Å²) in [6.45, 7) is 2.18. The molecule has 0 unspecified atom stereocenters. The molecular formula is C22H25N3.